The van der Waals surface area contributed by atoms with Crippen molar-refractivity contribution in [3.63, 3.8) is 0 Å². The minimum absolute atomic E-state index is 0.0143. The van der Waals surface area contributed by atoms with E-state index in [4.69, 9.17) is 24.7 Å². The number of ether oxygens (including phenoxy) is 4. The Kier molecular flexibility index (Phi) is 32.0. The second kappa shape index (κ2) is 39.2. The number of benzene rings is 2. The van der Waals surface area contributed by atoms with E-state index in [-0.39, 0.29) is 55.8 Å². The third kappa shape index (κ3) is 23.2. The van der Waals surface area contributed by atoms with Crippen molar-refractivity contribution in [3.05, 3.63) is 90.0 Å². The van der Waals surface area contributed by atoms with E-state index >= 15 is 0 Å². The number of primary amides is 1. The summed E-state index contributed by atoms with van der Waals surface area (Å²) in [6, 6.07) is 8.00. The SMILES string of the molecule is CC[C@H](C)[C@@H]([C@@H](CC(=O)N1CCC[C@H]1[C@H](OC)[C@@H](C)C(=O)N[C@H](C)[C@@H](O)c1ccccc1)OC)N(C)C(=O)[C@@H](NC(=O)[C@H](C(C)C)N(C)C(=O)OCc1ccc(NC(=O)[C@H](CCCNC(N)=O)NC(=O)[C@@H](NC(=O)COC(CN2C(=O)C=CC2=O)CN2C(=O)C=CC2=O)C(C)C)cc1)C(C)C. The van der Waals surface area contributed by atoms with Crippen LogP contribution in [-0.2, 0) is 78.3 Å². The summed E-state index contributed by atoms with van der Waals surface area (Å²) in [6.07, 6.45) is 1.56. The molecular weight excluding hydrogens is 1310 g/mol. The van der Waals surface area contributed by atoms with Crippen LogP contribution in [0.4, 0.5) is 15.3 Å². The number of aliphatic hydroxyl groups is 1. The van der Waals surface area contributed by atoms with Crippen LogP contribution in [0.2, 0.25) is 0 Å². The highest BCUT2D eigenvalue weighted by atomic mass is 16.6. The first-order chi connectivity index (χ1) is 47.7. The highest BCUT2D eigenvalue weighted by Crippen LogP contribution is 2.31. The van der Waals surface area contributed by atoms with Gasteiger partial charge in [0.05, 0.1) is 68.0 Å². The number of carbonyl (C=O) groups is 13. The number of amides is 14. The van der Waals surface area contributed by atoms with E-state index in [1.807, 2.05) is 32.0 Å². The minimum Gasteiger partial charge on any atom is -0.445 e. The second-order valence-electron chi connectivity index (χ2n) is 27.0. The van der Waals surface area contributed by atoms with Crippen LogP contribution in [0.25, 0.3) is 0 Å². The molecule has 3 heterocycles. The number of methoxy groups -OCH3 is 2. The van der Waals surface area contributed by atoms with Crippen molar-refractivity contribution in [1.82, 2.24) is 51.1 Å². The summed E-state index contributed by atoms with van der Waals surface area (Å²) in [5, 5.41) is 27.3. The zero-order valence-electron chi connectivity index (χ0n) is 60.4. The van der Waals surface area contributed by atoms with Crippen molar-refractivity contribution in [2.24, 2.45) is 35.3 Å². The molecule has 2 aromatic rings. The lowest BCUT2D eigenvalue weighted by atomic mass is 9.89. The lowest BCUT2D eigenvalue weighted by Crippen LogP contribution is -2.60. The van der Waals surface area contributed by atoms with E-state index in [2.05, 4.69) is 31.9 Å². The van der Waals surface area contributed by atoms with Crippen molar-refractivity contribution in [2.75, 3.05) is 66.4 Å². The fourth-order valence-corrected chi connectivity index (χ4v) is 12.6. The first-order valence-corrected chi connectivity index (χ1v) is 34.3. The largest absolute Gasteiger partial charge is 0.445 e. The van der Waals surface area contributed by atoms with Gasteiger partial charge in [-0.1, -0.05) is 111 Å². The Balaban J connectivity index is 1.19. The van der Waals surface area contributed by atoms with Crippen LogP contribution in [0, 0.1) is 29.6 Å². The quantitative estimate of drug-likeness (QED) is 0.0352. The molecule has 0 spiro atoms. The van der Waals surface area contributed by atoms with Gasteiger partial charge in [-0.15, -0.1) is 0 Å². The van der Waals surface area contributed by atoms with E-state index in [1.165, 1.54) is 38.3 Å². The van der Waals surface area contributed by atoms with Gasteiger partial charge in [0.1, 0.15) is 37.4 Å². The van der Waals surface area contributed by atoms with Crippen molar-refractivity contribution in [3.8, 4) is 0 Å². The number of nitrogens with two attached hydrogens (primary N) is 1. The normalized spacial score (nSPS) is 17.8. The average molecular weight is 1410 g/mol. The van der Waals surface area contributed by atoms with Gasteiger partial charge in [0.2, 0.25) is 41.4 Å². The van der Waals surface area contributed by atoms with Crippen molar-refractivity contribution >= 4 is 82.8 Å². The topological polar surface area (TPSA) is 393 Å². The fourth-order valence-electron chi connectivity index (χ4n) is 12.6. The summed E-state index contributed by atoms with van der Waals surface area (Å²) >= 11 is 0. The zero-order valence-corrected chi connectivity index (χ0v) is 60.4. The number of imide groups is 2. The summed E-state index contributed by atoms with van der Waals surface area (Å²) in [5.74, 6) is -8.97. The number of hydrogen-bond donors (Lipinski definition) is 8. The summed E-state index contributed by atoms with van der Waals surface area (Å²) in [5.41, 5.74) is 6.66. The molecule has 0 bridgehead atoms. The monoisotopic (exact) mass is 1410 g/mol. The van der Waals surface area contributed by atoms with Gasteiger partial charge in [0, 0.05) is 71.4 Å². The molecule has 9 N–H and O–H groups in total. The molecule has 2 aromatic carbocycles. The first-order valence-electron chi connectivity index (χ1n) is 34.3. The highest BCUT2D eigenvalue weighted by Gasteiger charge is 2.44. The molecular formula is C71H104N12O18. The summed E-state index contributed by atoms with van der Waals surface area (Å²) in [7, 11) is 6.02. The average Bonchev–Trinajstić information content (AvgIpc) is 1.79. The maximum Gasteiger partial charge on any atom is 0.410 e. The smallest absolute Gasteiger partial charge is 0.410 e. The molecule has 1 saturated heterocycles. The van der Waals surface area contributed by atoms with Crippen molar-refractivity contribution in [1.29, 1.82) is 0 Å². The summed E-state index contributed by atoms with van der Waals surface area (Å²) < 4.78 is 23.5. The molecule has 3 aliphatic heterocycles. The lowest BCUT2D eigenvalue weighted by Gasteiger charge is -2.41. The molecule has 5 rings (SSSR count). The van der Waals surface area contributed by atoms with Gasteiger partial charge in [-0.3, -0.25) is 67.4 Å². The van der Waals surface area contributed by atoms with E-state index in [0.29, 0.717) is 36.9 Å². The van der Waals surface area contributed by atoms with Crippen LogP contribution in [-0.4, -0.2) is 228 Å². The summed E-state index contributed by atoms with van der Waals surface area (Å²) in [4.78, 5) is 180. The maximum atomic E-state index is 14.8. The van der Waals surface area contributed by atoms with E-state index in [1.54, 1.807) is 91.6 Å². The zero-order chi connectivity index (χ0) is 75.1. The molecule has 30 heteroatoms. The number of likely N-dealkylation sites (N-methyl/N-ethyl adjacent to an activating group) is 2. The number of urea groups is 1. The van der Waals surface area contributed by atoms with Gasteiger partial charge in [0.15, 0.2) is 0 Å². The Bertz CT molecular complexity index is 3210. The van der Waals surface area contributed by atoms with E-state index in [9.17, 15) is 67.4 Å². The number of carbonyl (C=O) groups excluding carboxylic acids is 13. The van der Waals surface area contributed by atoms with Gasteiger partial charge in [0.25, 0.3) is 23.6 Å². The minimum atomic E-state index is -1.25. The lowest BCUT2D eigenvalue weighted by molar-refractivity contribution is -0.148. The van der Waals surface area contributed by atoms with Crippen LogP contribution in [0.3, 0.4) is 0 Å². The van der Waals surface area contributed by atoms with Gasteiger partial charge in [-0.2, -0.15) is 0 Å². The van der Waals surface area contributed by atoms with Crippen LogP contribution in [0.15, 0.2) is 78.9 Å². The fraction of sp³-hybridized carbons (Fsp3) is 0.592. The highest BCUT2D eigenvalue weighted by molar-refractivity contribution is 6.14. The van der Waals surface area contributed by atoms with Gasteiger partial charge >= 0.3 is 12.1 Å². The molecule has 0 saturated carbocycles. The Labute approximate surface area is 590 Å². The van der Waals surface area contributed by atoms with Crippen molar-refractivity contribution < 1.29 is 86.4 Å². The number of anilines is 1. The Morgan fingerprint density at radius 2 is 1.27 bits per heavy atom. The Hall–Kier alpha value is -9.13. The molecule has 556 valence electrons. The number of likely N-dealkylation sites (tertiary alicyclic amines) is 1. The first kappa shape index (κ1) is 82.5. The second-order valence-corrected chi connectivity index (χ2v) is 27.0. The molecule has 101 heavy (non-hydrogen) atoms. The molecule has 0 aromatic heterocycles. The number of hydrogen-bond acceptors (Lipinski definition) is 18. The predicted octanol–water partition coefficient (Wildman–Crippen LogP) is 2.83. The van der Waals surface area contributed by atoms with Crippen LogP contribution < -0.4 is 37.6 Å². The van der Waals surface area contributed by atoms with Gasteiger partial charge < -0.3 is 71.5 Å². The predicted molar refractivity (Wildman–Crippen MR) is 371 cm³/mol. The molecule has 0 aliphatic carbocycles. The number of rotatable bonds is 39. The molecule has 14 amide bonds. The number of nitrogens with one attached hydrogen (secondary N) is 6. The van der Waals surface area contributed by atoms with Gasteiger partial charge in [-0.05, 0) is 79.5 Å². The van der Waals surface area contributed by atoms with E-state index in [0.717, 1.165) is 39.0 Å². The van der Waals surface area contributed by atoms with E-state index < -0.39 is 175 Å². The third-order valence-corrected chi connectivity index (χ3v) is 18.6. The molecule has 3 aliphatic rings. The van der Waals surface area contributed by atoms with Crippen LogP contribution in [0.5, 0.6) is 0 Å². The number of aliphatic hydroxyl groups excluding tert-OH is 1. The van der Waals surface area contributed by atoms with Crippen LogP contribution in [0.1, 0.15) is 125 Å². The Morgan fingerprint density at radius 3 is 1.79 bits per heavy atom. The molecule has 1 fully saturated rings. The molecule has 0 unspecified atom stereocenters. The molecule has 0 radical (unpaired) electrons. The summed E-state index contributed by atoms with van der Waals surface area (Å²) in [6.45, 7) is 16.3. The third-order valence-electron chi connectivity index (χ3n) is 18.6. The van der Waals surface area contributed by atoms with Crippen LogP contribution >= 0.6 is 0 Å². The Morgan fingerprint density at radius 1 is 0.683 bits per heavy atom. The standard InChI is InChI=1S/C71H104N12O18/c1-15-43(8)62(52(98-13)35-58(89)81-34-20-24-51(81)64(99-14)44(9)65(91)74-45(10)63(90)47-21-17-16-18-22-47)79(11)69(95)60(41(4)5)78-68(94)61(42(6)7)80(12)71(97)101-38-46-25-27-48(28-26-46)75-66(92)50(23-19-33-73-70(72)96)76-67(93)59(40(2)3)77-53(84)39-100-49(36-82-54(85)29-30-55(82)86)37-83-56(87)31-32-57(83)88/h16-18,21-22,25-32,40-45,49-52,59-64,90H,15,19-20,23-24,33-39H2,1-14H3,(H,74,91)(H,75,92)(H,76,93)(H,77,84)(H,78,94)(H3,72,73,96)/t43-,44+,45+,50-,51-,52+,59-,60-,61-,62-,63+,64+/m0/s1. The number of nitrogens with zero attached hydrogens (tertiary/aromatic N) is 5. The van der Waals surface area contributed by atoms with Crippen molar-refractivity contribution in [2.45, 2.75) is 181 Å². The van der Waals surface area contributed by atoms with Gasteiger partial charge in [-0.25, -0.2) is 9.59 Å². The molecule has 30 nitrogen and oxygen atoms in total. The molecule has 12 atom stereocenters. The maximum absolute atomic E-state index is 14.8.